The van der Waals surface area contributed by atoms with Gasteiger partial charge in [0.15, 0.2) is 0 Å². The van der Waals surface area contributed by atoms with E-state index in [0.717, 1.165) is 11.9 Å². The van der Waals surface area contributed by atoms with Crippen molar-refractivity contribution in [2.24, 2.45) is 0 Å². The van der Waals surface area contributed by atoms with Crippen molar-refractivity contribution >= 4 is 17.9 Å². The number of fused-ring (bicyclic) bond motifs is 1. The lowest BCUT2D eigenvalue weighted by molar-refractivity contribution is -0.581. The van der Waals surface area contributed by atoms with Crippen molar-refractivity contribution < 1.29 is 14.8 Å². The first kappa shape index (κ1) is 10.9. The van der Waals surface area contributed by atoms with E-state index in [4.69, 9.17) is 5.11 Å². The SMILES string of the molecule is O=C(O)CC1([N+](=O)[O-])NSc2ccccc21. The Bertz CT molecular complexity index is 465. The molecule has 0 amide bonds. The van der Waals surface area contributed by atoms with Gasteiger partial charge in [0, 0.05) is 9.82 Å². The summed E-state index contributed by atoms with van der Waals surface area (Å²) < 4.78 is 2.60. The van der Waals surface area contributed by atoms with Crippen LogP contribution in [0.4, 0.5) is 0 Å². The fourth-order valence-electron chi connectivity index (χ4n) is 1.64. The van der Waals surface area contributed by atoms with E-state index in [-0.39, 0.29) is 0 Å². The monoisotopic (exact) mass is 240 g/mol. The standard InChI is InChI=1S/C9H8N2O4S/c12-8(13)5-9(11(14)15)6-3-1-2-4-7(6)16-10-9/h1-4,10H,5H2,(H,12,13). The number of hydrogen-bond donors (Lipinski definition) is 2. The molecule has 6 nitrogen and oxygen atoms in total. The van der Waals surface area contributed by atoms with E-state index in [9.17, 15) is 14.9 Å². The van der Waals surface area contributed by atoms with Crippen molar-refractivity contribution in [1.29, 1.82) is 0 Å². The van der Waals surface area contributed by atoms with Gasteiger partial charge in [-0.2, -0.15) is 4.72 Å². The lowest BCUT2D eigenvalue weighted by Gasteiger charge is -2.18. The maximum Gasteiger partial charge on any atom is 0.321 e. The fraction of sp³-hybridized carbons (Fsp3) is 0.222. The number of nitro groups is 1. The summed E-state index contributed by atoms with van der Waals surface area (Å²) in [5.41, 5.74) is -1.31. The number of carbonyl (C=O) groups is 1. The molecule has 2 rings (SSSR count). The number of nitrogens with zero attached hydrogens (tertiary/aromatic N) is 1. The van der Waals surface area contributed by atoms with E-state index in [1.807, 2.05) is 0 Å². The summed E-state index contributed by atoms with van der Waals surface area (Å²) in [6, 6.07) is 6.71. The molecule has 1 atom stereocenters. The van der Waals surface area contributed by atoms with E-state index < -0.39 is 23.0 Å². The van der Waals surface area contributed by atoms with Crippen molar-refractivity contribution in [3.05, 3.63) is 39.9 Å². The maximum absolute atomic E-state index is 11.1. The smallest absolute Gasteiger partial charge is 0.321 e. The number of benzene rings is 1. The van der Waals surface area contributed by atoms with Gasteiger partial charge in [0.2, 0.25) is 0 Å². The van der Waals surface area contributed by atoms with Crippen LogP contribution in [0.5, 0.6) is 0 Å². The third-order valence-corrected chi connectivity index (χ3v) is 3.40. The molecule has 0 aromatic heterocycles. The second-order valence-electron chi connectivity index (χ2n) is 3.39. The minimum absolute atomic E-state index is 0.410. The van der Waals surface area contributed by atoms with Crippen molar-refractivity contribution in [1.82, 2.24) is 4.72 Å². The second-order valence-corrected chi connectivity index (χ2v) is 4.24. The van der Waals surface area contributed by atoms with Gasteiger partial charge in [0.1, 0.15) is 6.42 Å². The third-order valence-electron chi connectivity index (χ3n) is 2.38. The summed E-state index contributed by atoms with van der Waals surface area (Å²) in [5.74, 6) is -1.21. The molecule has 1 aliphatic rings. The molecule has 0 radical (unpaired) electrons. The molecule has 16 heavy (non-hydrogen) atoms. The molecule has 7 heteroatoms. The Morgan fingerprint density at radius 2 is 2.25 bits per heavy atom. The molecule has 1 aromatic carbocycles. The van der Waals surface area contributed by atoms with Crippen LogP contribution in [0.25, 0.3) is 0 Å². The summed E-state index contributed by atoms with van der Waals surface area (Å²) in [6.07, 6.45) is -0.579. The van der Waals surface area contributed by atoms with Gasteiger partial charge in [-0.15, -0.1) is 0 Å². The van der Waals surface area contributed by atoms with Crippen LogP contribution >= 0.6 is 11.9 Å². The van der Waals surface area contributed by atoms with Crippen LogP contribution in [0.2, 0.25) is 0 Å². The predicted octanol–water partition coefficient (Wildman–Crippen LogP) is 1.20. The minimum atomic E-state index is -1.72. The van der Waals surface area contributed by atoms with E-state index >= 15 is 0 Å². The molecule has 0 saturated heterocycles. The number of carboxylic acid groups (broad SMARTS) is 1. The van der Waals surface area contributed by atoms with E-state index in [1.165, 1.54) is 0 Å². The normalized spacial score (nSPS) is 22.8. The van der Waals surface area contributed by atoms with Crippen LogP contribution in [0.15, 0.2) is 29.2 Å². The van der Waals surface area contributed by atoms with E-state index in [1.54, 1.807) is 24.3 Å². The van der Waals surface area contributed by atoms with Gasteiger partial charge in [-0.3, -0.25) is 14.9 Å². The van der Waals surface area contributed by atoms with Crippen molar-refractivity contribution in [3.8, 4) is 0 Å². The zero-order valence-electron chi connectivity index (χ0n) is 8.04. The van der Waals surface area contributed by atoms with Gasteiger partial charge in [0.05, 0.1) is 5.56 Å². The molecule has 1 aromatic rings. The molecule has 84 valence electrons. The van der Waals surface area contributed by atoms with Crippen LogP contribution in [0, 0.1) is 10.1 Å². The molecule has 0 spiro atoms. The number of rotatable bonds is 3. The van der Waals surface area contributed by atoms with Crippen LogP contribution in [-0.4, -0.2) is 16.0 Å². The van der Waals surface area contributed by atoms with Crippen LogP contribution in [0.1, 0.15) is 12.0 Å². The van der Waals surface area contributed by atoms with Gasteiger partial charge in [-0.1, -0.05) is 12.1 Å². The lowest BCUT2D eigenvalue weighted by atomic mass is 9.97. The number of aliphatic carboxylic acids is 1. The first-order chi connectivity index (χ1) is 7.56. The van der Waals surface area contributed by atoms with Crippen molar-refractivity contribution in [3.63, 3.8) is 0 Å². The molecule has 0 aliphatic carbocycles. The van der Waals surface area contributed by atoms with Gasteiger partial charge in [0.25, 0.3) is 0 Å². The Kier molecular flexibility index (Phi) is 2.56. The predicted molar refractivity (Wildman–Crippen MR) is 56.4 cm³/mol. The fourth-order valence-corrected chi connectivity index (χ4v) is 2.67. The summed E-state index contributed by atoms with van der Waals surface area (Å²) in [4.78, 5) is 21.9. The van der Waals surface area contributed by atoms with Crippen molar-refractivity contribution in [2.75, 3.05) is 0 Å². The topological polar surface area (TPSA) is 92.5 Å². The molecular weight excluding hydrogens is 232 g/mol. The Balaban J connectivity index is 2.51. The Hall–Kier alpha value is -1.60. The highest BCUT2D eigenvalue weighted by molar-refractivity contribution is 7.97. The average Bonchev–Trinajstić information content (AvgIpc) is 2.58. The van der Waals surface area contributed by atoms with Gasteiger partial charge in [-0.05, 0) is 24.1 Å². The minimum Gasteiger partial charge on any atom is -0.481 e. The van der Waals surface area contributed by atoms with Crippen molar-refractivity contribution in [2.45, 2.75) is 17.0 Å². The zero-order chi connectivity index (χ0) is 11.8. The molecular formula is C9H8N2O4S. The van der Waals surface area contributed by atoms with Crippen LogP contribution in [-0.2, 0) is 10.5 Å². The van der Waals surface area contributed by atoms with Gasteiger partial charge in [-0.25, -0.2) is 0 Å². The third kappa shape index (κ3) is 1.54. The summed E-state index contributed by atoms with van der Waals surface area (Å²) in [5, 5.41) is 19.8. The summed E-state index contributed by atoms with van der Waals surface area (Å²) in [7, 11) is 0. The lowest BCUT2D eigenvalue weighted by Crippen LogP contribution is -2.44. The molecule has 0 fully saturated rings. The maximum atomic E-state index is 11.1. The van der Waals surface area contributed by atoms with E-state index in [0.29, 0.717) is 10.5 Å². The molecule has 1 unspecified atom stereocenters. The second kappa shape index (κ2) is 3.76. The molecule has 0 bridgehead atoms. The van der Waals surface area contributed by atoms with Crippen LogP contribution in [0.3, 0.4) is 0 Å². The highest BCUT2D eigenvalue weighted by Gasteiger charge is 2.52. The first-order valence-corrected chi connectivity index (χ1v) is 5.28. The average molecular weight is 240 g/mol. The largest absolute Gasteiger partial charge is 0.481 e. The molecule has 1 aliphatic heterocycles. The highest BCUT2D eigenvalue weighted by Crippen LogP contribution is 2.41. The quantitative estimate of drug-likeness (QED) is 0.468. The molecule has 1 heterocycles. The molecule has 2 N–H and O–H groups in total. The first-order valence-electron chi connectivity index (χ1n) is 4.46. The summed E-state index contributed by atoms with van der Waals surface area (Å²) in [6.45, 7) is 0. The Morgan fingerprint density at radius 1 is 1.56 bits per heavy atom. The zero-order valence-corrected chi connectivity index (χ0v) is 8.86. The number of nitrogens with one attached hydrogen (secondary N) is 1. The number of hydrogen-bond acceptors (Lipinski definition) is 5. The Labute approximate surface area is 94.9 Å². The Morgan fingerprint density at radius 3 is 2.88 bits per heavy atom. The van der Waals surface area contributed by atoms with E-state index in [2.05, 4.69) is 4.72 Å². The number of carboxylic acids is 1. The summed E-state index contributed by atoms with van der Waals surface area (Å²) >= 11 is 1.09. The van der Waals surface area contributed by atoms with Gasteiger partial charge < -0.3 is 5.11 Å². The van der Waals surface area contributed by atoms with Gasteiger partial charge >= 0.3 is 11.6 Å². The molecule has 0 saturated carbocycles. The van der Waals surface area contributed by atoms with Crippen LogP contribution < -0.4 is 4.72 Å². The highest BCUT2D eigenvalue weighted by atomic mass is 32.2.